The van der Waals surface area contributed by atoms with Gasteiger partial charge in [-0.3, -0.25) is 4.79 Å². The van der Waals surface area contributed by atoms with Crippen molar-refractivity contribution in [2.24, 2.45) is 7.05 Å². The molecule has 0 fully saturated rings. The average molecular weight is 253 g/mol. The van der Waals surface area contributed by atoms with Crippen molar-refractivity contribution in [1.82, 2.24) is 14.9 Å². The summed E-state index contributed by atoms with van der Waals surface area (Å²) < 4.78 is 6.82. The maximum atomic E-state index is 11.7. The number of aryl methyl sites for hydroxylation is 1. The molecule has 0 saturated heterocycles. The van der Waals surface area contributed by atoms with Gasteiger partial charge in [0, 0.05) is 13.2 Å². The molecule has 1 heterocycles. The number of hydrogen-bond donors (Lipinski definition) is 1. The van der Waals surface area contributed by atoms with Gasteiger partial charge < -0.3 is 14.6 Å². The van der Waals surface area contributed by atoms with Gasteiger partial charge in [-0.2, -0.15) is 0 Å². The van der Waals surface area contributed by atoms with Gasteiger partial charge in [0.2, 0.25) is 0 Å². The Morgan fingerprint density at radius 1 is 1.44 bits per heavy atom. The van der Waals surface area contributed by atoms with Crippen LogP contribution in [-0.2, 0) is 16.6 Å². The fraction of sp³-hybridized carbons (Fsp3) is 0.583. The molecule has 18 heavy (non-hydrogen) atoms. The minimum atomic E-state index is -0.710. The van der Waals surface area contributed by atoms with E-state index >= 15 is 0 Å². The van der Waals surface area contributed by atoms with Crippen molar-refractivity contribution < 1.29 is 14.3 Å². The SMILES string of the molecule is C[C@@H](NC(=O)c1cn(C)cn1)C(=O)OC(C)(C)C. The Bertz CT molecular complexity index is 446. The van der Waals surface area contributed by atoms with E-state index in [1.165, 1.54) is 6.33 Å². The smallest absolute Gasteiger partial charge is 0.328 e. The number of carbonyl (C=O) groups excluding carboxylic acids is 2. The Morgan fingerprint density at radius 3 is 2.50 bits per heavy atom. The Kier molecular flexibility index (Phi) is 4.11. The summed E-state index contributed by atoms with van der Waals surface area (Å²) in [5.41, 5.74) is -0.297. The summed E-state index contributed by atoms with van der Waals surface area (Å²) >= 11 is 0. The Labute approximate surface area is 106 Å². The highest BCUT2D eigenvalue weighted by Crippen LogP contribution is 2.08. The van der Waals surface area contributed by atoms with E-state index in [1.807, 2.05) is 0 Å². The number of amides is 1. The molecule has 0 aliphatic rings. The number of imidazole rings is 1. The summed E-state index contributed by atoms with van der Waals surface area (Å²) in [7, 11) is 1.76. The molecule has 0 aliphatic carbocycles. The van der Waals surface area contributed by atoms with Crippen molar-refractivity contribution >= 4 is 11.9 Å². The van der Waals surface area contributed by atoms with Gasteiger partial charge in [0.25, 0.3) is 5.91 Å². The topological polar surface area (TPSA) is 73.2 Å². The van der Waals surface area contributed by atoms with Crippen LogP contribution in [0.3, 0.4) is 0 Å². The van der Waals surface area contributed by atoms with Crippen molar-refractivity contribution in [3.8, 4) is 0 Å². The molecule has 0 bridgehead atoms. The highest BCUT2D eigenvalue weighted by molar-refractivity contribution is 5.94. The van der Waals surface area contributed by atoms with Crippen LogP contribution < -0.4 is 5.32 Å². The molecule has 0 saturated carbocycles. The van der Waals surface area contributed by atoms with Gasteiger partial charge in [-0.05, 0) is 27.7 Å². The fourth-order valence-electron chi connectivity index (χ4n) is 1.25. The summed E-state index contributed by atoms with van der Waals surface area (Å²) in [4.78, 5) is 27.3. The second-order valence-corrected chi connectivity index (χ2v) is 5.15. The van der Waals surface area contributed by atoms with Gasteiger partial charge in [0.15, 0.2) is 0 Å². The first-order valence-corrected chi connectivity index (χ1v) is 5.71. The molecule has 1 amide bonds. The van der Waals surface area contributed by atoms with Crippen LogP contribution in [0.1, 0.15) is 38.2 Å². The maximum Gasteiger partial charge on any atom is 0.328 e. The van der Waals surface area contributed by atoms with E-state index in [2.05, 4.69) is 10.3 Å². The van der Waals surface area contributed by atoms with Crippen LogP contribution in [0.25, 0.3) is 0 Å². The number of carbonyl (C=O) groups is 2. The quantitative estimate of drug-likeness (QED) is 0.812. The Morgan fingerprint density at radius 2 is 2.06 bits per heavy atom. The minimum Gasteiger partial charge on any atom is -0.458 e. The molecule has 100 valence electrons. The van der Waals surface area contributed by atoms with Crippen LogP contribution >= 0.6 is 0 Å². The number of hydrogen-bond acceptors (Lipinski definition) is 4. The van der Waals surface area contributed by atoms with Crippen molar-refractivity contribution in [3.63, 3.8) is 0 Å². The standard InChI is InChI=1S/C12H19N3O3/c1-8(11(17)18-12(2,3)4)14-10(16)9-6-15(5)7-13-9/h6-8H,1-5H3,(H,14,16)/t8-/m1/s1. The zero-order valence-corrected chi connectivity index (χ0v) is 11.4. The first kappa shape index (κ1) is 14.2. The number of nitrogens with zero attached hydrogens (tertiary/aromatic N) is 2. The van der Waals surface area contributed by atoms with Gasteiger partial charge in [-0.1, -0.05) is 0 Å². The highest BCUT2D eigenvalue weighted by Gasteiger charge is 2.23. The third-order valence-corrected chi connectivity index (χ3v) is 2.05. The molecule has 1 aromatic rings. The molecular formula is C12H19N3O3. The summed E-state index contributed by atoms with van der Waals surface area (Å²) in [5.74, 6) is -0.860. The van der Waals surface area contributed by atoms with E-state index in [0.717, 1.165) is 0 Å². The van der Waals surface area contributed by atoms with E-state index in [-0.39, 0.29) is 5.69 Å². The third-order valence-electron chi connectivity index (χ3n) is 2.05. The lowest BCUT2D eigenvalue weighted by Crippen LogP contribution is -2.42. The molecule has 0 unspecified atom stereocenters. The lowest BCUT2D eigenvalue weighted by molar-refractivity contribution is -0.156. The molecular weight excluding hydrogens is 234 g/mol. The first-order valence-electron chi connectivity index (χ1n) is 5.71. The van der Waals surface area contributed by atoms with Gasteiger partial charge >= 0.3 is 5.97 Å². The summed E-state index contributed by atoms with van der Waals surface area (Å²) in [5, 5.41) is 2.54. The number of esters is 1. The van der Waals surface area contributed by atoms with Crippen molar-refractivity contribution in [2.75, 3.05) is 0 Å². The molecule has 0 radical (unpaired) electrons. The van der Waals surface area contributed by atoms with Crippen LogP contribution in [0.4, 0.5) is 0 Å². The predicted molar refractivity (Wildman–Crippen MR) is 66.0 cm³/mol. The summed E-state index contributed by atoms with van der Waals surface area (Å²) in [6, 6.07) is -0.710. The second kappa shape index (κ2) is 5.20. The fourth-order valence-corrected chi connectivity index (χ4v) is 1.25. The molecule has 1 atom stereocenters. The zero-order valence-electron chi connectivity index (χ0n) is 11.4. The lowest BCUT2D eigenvalue weighted by Gasteiger charge is -2.22. The molecule has 1 rings (SSSR count). The van der Waals surface area contributed by atoms with E-state index in [4.69, 9.17) is 4.74 Å². The maximum absolute atomic E-state index is 11.7. The molecule has 1 aromatic heterocycles. The van der Waals surface area contributed by atoms with Crippen LogP contribution in [0, 0.1) is 0 Å². The minimum absolute atomic E-state index is 0.271. The van der Waals surface area contributed by atoms with Gasteiger partial charge in [-0.25, -0.2) is 9.78 Å². The molecule has 1 N–H and O–H groups in total. The molecule has 6 nitrogen and oxygen atoms in total. The average Bonchev–Trinajstić information content (AvgIpc) is 2.62. The van der Waals surface area contributed by atoms with E-state index < -0.39 is 23.5 Å². The lowest BCUT2D eigenvalue weighted by atomic mass is 10.2. The Hall–Kier alpha value is -1.85. The van der Waals surface area contributed by atoms with E-state index in [9.17, 15) is 9.59 Å². The van der Waals surface area contributed by atoms with Gasteiger partial charge in [-0.15, -0.1) is 0 Å². The number of aromatic nitrogens is 2. The van der Waals surface area contributed by atoms with Crippen molar-refractivity contribution in [1.29, 1.82) is 0 Å². The molecule has 0 spiro atoms. The normalized spacial score (nSPS) is 12.9. The van der Waals surface area contributed by atoms with Crippen molar-refractivity contribution in [2.45, 2.75) is 39.3 Å². The molecule has 0 aromatic carbocycles. The van der Waals surface area contributed by atoms with Crippen molar-refractivity contribution in [3.05, 3.63) is 18.2 Å². The summed E-state index contributed by atoms with van der Waals surface area (Å²) in [6.45, 7) is 6.91. The van der Waals surface area contributed by atoms with Gasteiger partial charge in [0.1, 0.15) is 17.3 Å². The van der Waals surface area contributed by atoms with Crippen LogP contribution in [0.15, 0.2) is 12.5 Å². The largest absolute Gasteiger partial charge is 0.458 e. The Balaban J connectivity index is 2.57. The van der Waals surface area contributed by atoms with E-state index in [1.54, 1.807) is 45.5 Å². The summed E-state index contributed by atoms with van der Waals surface area (Å²) in [6.07, 6.45) is 3.10. The van der Waals surface area contributed by atoms with Crippen LogP contribution in [0.2, 0.25) is 0 Å². The monoisotopic (exact) mass is 253 g/mol. The van der Waals surface area contributed by atoms with E-state index in [0.29, 0.717) is 0 Å². The third kappa shape index (κ3) is 4.20. The number of ether oxygens (including phenoxy) is 1. The molecule has 6 heteroatoms. The molecule has 0 aliphatic heterocycles. The van der Waals surface area contributed by atoms with Crippen LogP contribution in [0.5, 0.6) is 0 Å². The highest BCUT2D eigenvalue weighted by atomic mass is 16.6. The first-order chi connectivity index (χ1) is 8.19. The number of nitrogens with one attached hydrogen (secondary N) is 1. The second-order valence-electron chi connectivity index (χ2n) is 5.15. The number of rotatable bonds is 3. The van der Waals surface area contributed by atoms with Crippen LogP contribution in [-0.4, -0.2) is 33.1 Å². The zero-order chi connectivity index (χ0) is 13.9. The van der Waals surface area contributed by atoms with Gasteiger partial charge in [0.05, 0.1) is 6.33 Å². The predicted octanol–water partition coefficient (Wildman–Crippen LogP) is 0.880.